The Bertz CT molecular complexity index is 1020. The minimum atomic E-state index is -1.44. The van der Waals surface area contributed by atoms with Crippen LogP contribution in [0.15, 0.2) is 52.9 Å². The molecule has 152 valence electrons. The van der Waals surface area contributed by atoms with E-state index in [0.29, 0.717) is 23.1 Å². The zero-order valence-electron chi connectivity index (χ0n) is 16.1. The van der Waals surface area contributed by atoms with Gasteiger partial charge in [0.05, 0.1) is 18.6 Å². The van der Waals surface area contributed by atoms with Crippen LogP contribution >= 0.6 is 0 Å². The molecule has 6 nitrogen and oxygen atoms in total. The van der Waals surface area contributed by atoms with Crippen molar-refractivity contribution >= 4 is 16.7 Å². The minimum absolute atomic E-state index is 0.114. The number of carbonyl (C=O) groups is 1. The van der Waals surface area contributed by atoms with Gasteiger partial charge < -0.3 is 14.5 Å². The average molecular weight is 416 g/mol. The molecule has 1 heterocycles. The van der Waals surface area contributed by atoms with E-state index in [0.717, 1.165) is 11.1 Å². The van der Waals surface area contributed by atoms with E-state index in [4.69, 9.17) is 9.15 Å². The molecule has 0 aliphatic carbocycles. The molecule has 0 unspecified atom stereocenters. The number of ether oxygens (including phenoxy) is 1. The maximum absolute atomic E-state index is 12.9. The number of rotatable bonds is 8. The number of halogens is 1. The Balaban J connectivity index is 1.56. The summed E-state index contributed by atoms with van der Waals surface area (Å²) in [6, 6.07) is 13.1. The third-order valence-electron chi connectivity index (χ3n) is 4.20. The highest BCUT2D eigenvalue weighted by molar-refractivity contribution is 7.84. The molecule has 0 aliphatic rings. The minimum Gasteiger partial charge on any atom is -0.497 e. The Morgan fingerprint density at radius 3 is 2.72 bits per heavy atom. The molecule has 3 rings (SSSR count). The summed E-state index contributed by atoms with van der Waals surface area (Å²) in [5.41, 5.74) is 2.06. The number of benzene rings is 2. The van der Waals surface area contributed by atoms with E-state index >= 15 is 0 Å². The van der Waals surface area contributed by atoms with E-state index in [9.17, 15) is 13.4 Å². The molecule has 0 bridgehead atoms. The second-order valence-electron chi connectivity index (χ2n) is 6.39. The standard InChI is InChI=1S/C21H21FN2O4S/c1-14-19(24-21(28-14)16-4-3-5-18(10-16)27-2)12-29(26)13-20(25)23-11-15-6-8-17(22)9-7-15/h3-10H,11-13H2,1-2H3,(H,23,25)/t29-/m1/s1. The van der Waals surface area contributed by atoms with E-state index in [-0.39, 0.29) is 29.8 Å². The first-order valence-electron chi connectivity index (χ1n) is 8.91. The van der Waals surface area contributed by atoms with Crippen LogP contribution in [0.25, 0.3) is 11.5 Å². The Morgan fingerprint density at radius 2 is 2.00 bits per heavy atom. The lowest BCUT2D eigenvalue weighted by atomic mass is 10.2. The second-order valence-corrected chi connectivity index (χ2v) is 7.84. The maximum atomic E-state index is 12.9. The molecule has 0 saturated heterocycles. The fourth-order valence-corrected chi connectivity index (χ4v) is 3.71. The molecule has 0 radical (unpaired) electrons. The molecule has 0 spiro atoms. The van der Waals surface area contributed by atoms with Gasteiger partial charge >= 0.3 is 0 Å². The number of aryl methyl sites for hydroxylation is 1. The fraction of sp³-hybridized carbons (Fsp3) is 0.238. The van der Waals surface area contributed by atoms with Crippen molar-refractivity contribution in [1.82, 2.24) is 10.3 Å². The van der Waals surface area contributed by atoms with Crippen molar-refractivity contribution in [3.63, 3.8) is 0 Å². The van der Waals surface area contributed by atoms with Crippen LogP contribution in [-0.4, -0.2) is 28.0 Å². The summed E-state index contributed by atoms with van der Waals surface area (Å²) in [4.78, 5) is 16.5. The highest BCUT2D eigenvalue weighted by Gasteiger charge is 2.16. The molecule has 8 heteroatoms. The first kappa shape index (κ1) is 20.7. The van der Waals surface area contributed by atoms with Crippen molar-refractivity contribution < 1.29 is 22.5 Å². The van der Waals surface area contributed by atoms with E-state index in [2.05, 4.69) is 10.3 Å². The van der Waals surface area contributed by atoms with Crippen molar-refractivity contribution in [2.75, 3.05) is 12.9 Å². The van der Waals surface area contributed by atoms with Gasteiger partial charge in [-0.25, -0.2) is 9.37 Å². The third kappa shape index (κ3) is 5.74. The van der Waals surface area contributed by atoms with Crippen LogP contribution in [0.1, 0.15) is 17.0 Å². The molecule has 2 aromatic carbocycles. The van der Waals surface area contributed by atoms with Gasteiger partial charge in [0.2, 0.25) is 11.8 Å². The maximum Gasteiger partial charge on any atom is 0.232 e. The van der Waals surface area contributed by atoms with Crippen LogP contribution in [0, 0.1) is 12.7 Å². The first-order chi connectivity index (χ1) is 13.9. The molecule has 1 amide bonds. The molecule has 0 aliphatic heterocycles. The van der Waals surface area contributed by atoms with Gasteiger partial charge in [-0.2, -0.15) is 0 Å². The van der Waals surface area contributed by atoms with Crippen LogP contribution in [0.4, 0.5) is 4.39 Å². The first-order valence-corrected chi connectivity index (χ1v) is 10.4. The van der Waals surface area contributed by atoms with Gasteiger partial charge in [-0.15, -0.1) is 0 Å². The topological polar surface area (TPSA) is 81.4 Å². The highest BCUT2D eigenvalue weighted by atomic mass is 32.2. The van der Waals surface area contributed by atoms with Crippen LogP contribution in [0.5, 0.6) is 5.75 Å². The van der Waals surface area contributed by atoms with E-state index in [1.807, 2.05) is 18.2 Å². The summed E-state index contributed by atoms with van der Waals surface area (Å²) >= 11 is 0. The third-order valence-corrected chi connectivity index (χ3v) is 5.38. The number of carbonyl (C=O) groups excluding carboxylic acids is 1. The largest absolute Gasteiger partial charge is 0.497 e. The second kappa shape index (κ2) is 9.47. The Hall–Kier alpha value is -3.00. The number of methoxy groups -OCH3 is 1. The lowest BCUT2D eigenvalue weighted by Crippen LogP contribution is -2.28. The van der Waals surface area contributed by atoms with Crippen LogP contribution in [0.2, 0.25) is 0 Å². The van der Waals surface area contributed by atoms with Gasteiger partial charge in [0.15, 0.2) is 0 Å². The Morgan fingerprint density at radius 1 is 1.24 bits per heavy atom. The van der Waals surface area contributed by atoms with Crippen molar-refractivity contribution in [2.24, 2.45) is 0 Å². The number of oxazole rings is 1. The number of amides is 1. The van der Waals surface area contributed by atoms with E-state index < -0.39 is 10.8 Å². The summed E-state index contributed by atoms with van der Waals surface area (Å²) in [7, 11) is 0.138. The van der Waals surface area contributed by atoms with Gasteiger partial charge in [-0.05, 0) is 42.8 Å². The summed E-state index contributed by atoms with van der Waals surface area (Å²) in [6.45, 7) is 2.00. The zero-order chi connectivity index (χ0) is 20.8. The van der Waals surface area contributed by atoms with Crippen molar-refractivity contribution in [2.45, 2.75) is 19.2 Å². The highest BCUT2D eigenvalue weighted by Crippen LogP contribution is 2.25. The summed E-state index contributed by atoms with van der Waals surface area (Å²) in [6.07, 6.45) is 0. The fourth-order valence-electron chi connectivity index (χ4n) is 2.65. The monoisotopic (exact) mass is 416 g/mol. The van der Waals surface area contributed by atoms with Gasteiger partial charge in [0.25, 0.3) is 0 Å². The molecule has 1 aromatic heterocycles. The zero-order valence-corrected chi connectivity index (χ0v) is 16.9. The van der Waals surface area contributed by atoms with Crippen LogP contribution in [-0.2, 0) is 27.9 Å². The molecule has 0 fully saturated rings. The van der Waals surface area contributed by atoms with Crippen molar-refractivity contribution in [3.05, 3.63) is 71.4 Å². The van der Waals surface area contributed by atoms with E-state index in [1.165, 1.54) is 12.1 Å². The molecule has 1 N–H and O–H groups in total. The predicted molar refractivity (Wildman–Crippen MR) is 108 cm³/mol. The quantitative estimate of drug-likeness (QED) is 0.609. The molecule has 29 heavy (non-hydrogen) atoms. The van der Waals surface area contributed by atoms with Gasteiger partial charge in [0.1, 0.15) is 23.1 Å². The molecular formula is C21H21FN2O4S. The predicted octanol–water partition coefficient (Wildman–Crippen LogP) is 3.36. The Kier molecular flexibility index (Phi) is 6.77. The molecule has 0 saturated carbocycles. The average Bonchev–Trinajstić information content (AvgIpc) is 3.08. The van der Waals surface area contributed by atoms with Crippen LogP contribution in [0.3, 0.4) is 0 Å². The summed E-state index contributed by atoms with van der Waals surface area (Å²) < 4.78 is 36.2. The molecule has 1 atom stereocenters. The lowest BCUT2D eigenvalue weighted by Gasteiger charge is -2.05. The molecular weight excluding hydrogens is 395 g/mol. The summed E-state index contributed by atoms with van der Waals surface area (Å²) in [5, 5.41) is 2.68. The normalized spacial score (nSPS) is 11.8. The van der Waals surface area contributed by atoms with Gasteiger partial charge in [-0.1, -0.05) is 18.2 Å². The molecule has 3 aromatic rings. The van der Waals surface area contributed by atoms with Crippen molar-refractivity contribution in [1.29, 1.82) is 0 Å². The lowest BCUT2D eigenvalue weighted by molar-refractivity contribution is -0.118. The summed E-state index contributed by atoms with van der Waals surface area (Å²) in [5.74, 6) is 0.934. The van der Waals surface area contributed by atoms with Crippen LogP contribution < -0.4 is 10.1 Å². The van der Waals surface area contributed by atoms with Gasteiger partial charge in [-0.3, -0.25) is 9.00 Å². The number of aromatic nitrogens is 1. The SMILES string of the molecule is COc1cccc(-c2nc(C[S@@](=O)CC(=O)NCc3ccc(F)cc3)c(C)o2)c1. The number of hydrogen-bond acceptors (Lipinski definition) is 5. The number of nitrogens with zero attached hydrogens (tertiary/aromatic N) is 1. The number of nitrogens with one attached hydrogen (secondary N) is 1. The smallest absolute Gasteiger partial charge is 0.232 e. The van der Waals surface area contributed by atoms with E-state index in [1.54, 1.807) is 32.2 Å². The van der Waals surface area contributed by atoms with Gasteiger partial charge in [0, 0.05) is 22.9 Å². The van der Waals surface area contributed by atoms with Crippen molar-refractivity contribution in [3.8, 4) is 17.2 Å². The Labute approximate surface area is 170 Å². The number of hydrogen-bond donors (Lipinski definition) is 1.